The summed E-state index contributed by atoms with van der Waals surface area (Å²) >= 11 is 5.67. The molecule has 0 aliphatic heterocycles. The smallest absolute Gasteiger partial charge is 0.288 e. The van der Waals surface area contributed by atoms with Crippen LogP contribution in [0.15, 0.2) is 36.4 Å². The lowest BCUT2D eigenvalue weighted by molar-refractivity contribution is -0.384. The van der Waals surface area contributed by atoms with Crippen molar-refractivity contribution in [2.45, 2.75) is 13.0 Å². The van der Waals surface area contributed by atoms with E-state index in [-0.39, 0.29) is 16.3 Å². The Morgan fingerprint density at radius 3 is 2.50 bits per heavy atom. The fourth-order valence-electron chi connectivity index (χ4n) is 1.97. The number of hydrogen-bond acceptors (Lipinski definition) is 4. The van der Waals surface area contributed by atoms with Gasteiger partial charge in [-0.05, 0) is 31.2 Å². The number of halogens is 3. The summed E-state index contributed by atoms with van der Waals surface area (Å²) in [5, 5.41) is 15.2. The zero-order valence-electron chi connectivity index (χ0n) is 13.3. The highest BCUT2D eigenvalue weighted by molar-refractivity contribution is 6.32. The summed E-state index contributed by atoms with van der Waals surface area (Å²) < 4.78 is 26.4. The predicted molar refractivity (Wildman–Crippen MR) is 90.0 cm³/mol. The van der Waals surface area contributed by atoms with Gasteiger partial charge >= 0.3 is 0 Å². The van der Waals surface area contributed by atoms with Crippen molar-refractivity contribution in [2.75, 3.05) is 5.32 Å². The van der Waals surface area contributed by atoms with E-state index in [4.69, 9.17) is 11.6 Å². The number of hydrogen-bond donors (Lipinski definition) is 2. The second kappa shape index (κ2) is 7.87. The number of carbonyl (C=O) groups is 2. The maximum Gasteiger partial charge on any atom is 0.288 e. The quantitative estimate of drug-likeness (QED) is 0.611. The van der Waals surface area contributed by atoms with Crippen LogP contribution in [0, 0.1) is 21.7 Å². The van der Waals surface area contributed by atoms with E-state index in [0.29, 0.717) is 6.07 Å². The number of amides is 2. The molecule has 2 amide bonds. The molecule has 0 bridgehead atoms. The highest BCUT2D eigenvalue weighted by Gasteiger charge is 2.21. The van der Waals surface area contributed by atoms with Gasteiger partial charge in [-0.1, -0.05) is 11.6 Å². The van der Waals surface area contributed by atoms with Gasteiger partial charge in [0.25, 0.3) is 11.6 Å². The number of rotatable bonds is 5. The van der Waals surface area contributed by atoms with E-state index in [2.05, 4.69) is 10.6 Å². The summed E-state index contributed by atoms with van der Waals surface area (Å²) in [5.41, 5.74) is -0.779. The molecule has 2 rings (SSSR count). The Morgan fingerprint density at radius 2 is 1.88 bits per heavy atom. The Labute approximate surface area is 151 Å². The first-order valence-corrected chi connectivity index (χ1v) is 7.57. The minimum Gasteiger partial charge on any atom is -0.341 e. The van der Waals surface area contributed by atoms with Crippen molar-refractivity contribution in [3.63, 3.8) is 0 Å². The zero-order chi connectivity index (χ0) is 19.4. The van der Waals surface area contributed by atoms with E-state index >= 15 is 0 Å². The monoisotopic (exact) mass is 383 g/mol. The lowest BCUT2D eigenvalue weighted by atomic mass is 10.1. The molecule has 7 nitrogen and oxygen atoms in total. The van der Waals surface area contributed by atoms with Crippen LogP contribution in [0.4, 0.5) is 20.2 Å². The SMILES string of the molecule is C[C@H](NC(=O)c1ccc(Cl)c([N+](=O)[O-])c1)C(=O)Nc1ccc(F)cc1F. The van der Waals surface area contributed by atoms with Crippen LogP contribution in [0.2, 0.25) is 5.02 Å². The molecule has 0 aromatic heterocycles. The van der Waals surface area contributed by atoms with Gasteiger partial charge in [-0.25, -0.2) is 8.78 Å². The van der Waals surface area contributed by atoms with Gasteiger partial charge in [0.2, 0.25) is 5.91 Å². The van der Waals surface area contributed by atoms with Gasteiger partial charge in [-0.2, -0.15) is 0 Å². The van der Waals surface area contributed by atoms with Gasteiger partial charge in [-0.15, -0.1) is 0 Å². The van der Waals surface area contributed by atoms with E-state index in [1.165, 1.54) is 19.1 Å². The number of benzene rings is 2. The second-order valence-electron chi connectivity index (χ2n) is 5.23. The molecule has 2 aromatic carbocycles. The van der Waals surface area contributed by atoms with Crippen molar-refractivity contribution in [3.8, 4) is 0 Å². The first-order valence-electron chi connectivity index (χ1n) is 7.19. The number of nitro groups is 1. The van der Waals surface area contributed by atoms with Gasteiger partial charge in [0, 0.05) is 17.7 Å². The highest BCUT2D eigenvalue weighted by atomic mass is 35.5. The average Bonchev–Trinajstić information content (AvgIpc) is 2.57. The number of nitro benzene ring substituents is 1. The Bertz CT molecular complexity index is 892. The van der Waals surface area contributed by atoms with Crippen LogP contribution in [-0.2, 0) is 4.79 Å². The number of nitrogens with zero attached hydrogens (tertiary/aromatic N) is 1. The molecule has 0 saturated heterocycles. The fourth-order valence-corrected chi connectivity index (χ4v) is 2.16. The van der Waals surface area contributed by atoms with E-state index in [9.17, 15) is 28.5 Å². The van der Waals surface area contributed by atoms with Crippen LogP contribution in [0.3, 0.4) is 0 Å². The molecule has 0 unspecified atom stereocenters. The summed E-state index contributed by atoms with van der Waals surface area (Å²) in [5.74, 6) is -3.28. The van der Waals surface area contributed by atoms with Crippen molar-refractivity contribution in [1.82, 2.24) is 5.32 Å². The highest BCUT2D eigenvalue weighted by Crippen LogP contribution is 2.25. The molecular weight excluding hydrogens is 372 g/mol. The Kier molecular flexibility index (Phi) is 5.83. The first-order chi connectivity index (χ1) is 12.2. The van der Waals surface area contributed by atoms with E-state index in [1.54, 1.807) is 0 Å². The van der Waals surface area contributed by atoms with Crippen LogP contribution in [0.25, 0.3) is 0 Å². The molecule has 10 heteroatoms. The van der Waals surface area contributed by atoms with Crippen molar-refractivity contribution in [3.05, 3.63) is 68.7 Å². The van der Waals surface area contributed by atoms with Gasteiger partial charge in [0.1, 0.15) is 22.7 Å². The van der Waals surface area contributed by atoms with Crippen molar-refractivity contribution < 1.29 is 23.3 Å². The van der Waals surface area contributed by atoms with Gasteiger partial charge in [-0.3, -0.25) is 19.7 Å². The zero-order valence-corrected chi connectivity index (χ0v) is 14.0. The molecule has 136 valence electrons. The molecule has 0 aliphatic rings. The molecule has 1 atom stereocenters. The molecule has 0 saturated carbocycles. The Balaban J connectivity index is 2.07. The number of nitrogens with one attached hydrogen (secondary N) is 2. The lowest BCUT2D eigenvalue weighted by Gasteiger charge is -2.14. The van der Waals surface area contributed by atoms with Crippen molar-refractivity contribution in [2.24, 2.45) is 0 Å². The lowest BCUT2D eigenvalue weighted by Crippen LogP contribution is -2.41. The first kappa shape index (κ1) is 19.3. The molecular formula is C16H12ClF2N3O4. The normalized spacial score (nSPS) is 11.5. The molecule has 0 radical (unpaired) electrons. The Morgan fingerprint density at radius 1 is 1.19 bits per heavy atom. The third-order valence-electron chi connectivity index (χ3n) is 3.33. The largest absolute Gasteiger partial charge is 0.341 e. The number of anilines is 1. The summed E-state index contributed by atoms with van der Waals surface area (Å²) in [4.78, 5) is 34.3. The summed E-state index contributed by atoms with van der Waals surface area (Å²) in [6, 6.07) is 4.94. The van der Waals surface area contributed by atoms with Crippen LogP contribution in [0.5, 0.6) is 0 Å². The van der Waals surface area contributed by atoms with Gasteiger partial charge < -0.3 is 10.6 Å². The molecule has 2 aromatic rings. The van der Waals surface area contributed by atoms with E-state index < -0.39 is 40.1 Å². The minimum atomic E-state index is -1.10. The molecule has 0 fully saturated rings. The average molecular weight is 384 g/mol. The summed E-state index contributed by atoms with van der Waals surface area (Å²) in [7, 11) is 0. The summed E-state index contributed by atoms with van der Waals surface area (Å²) in [6.45, 7) is 1.33. The molecule has 0 aliphatic carbocycles. The summed E-state index contributed by atoms with van der Waals surface area (Å²) in [6.07, 6.45) is 0. The Hall–Kier alpha value is -3.07. The van der Waals surface area contributed by atoms with Crippen LogP contribution in [0.1, 0.15) is 17.3 Å². The molecule has 2 N–H and O–H groups in total. The molecule has 26 heavy (non-hydrogen) atoms. The second-order valence-corrected chi connectivity index (χ2v) is 5.64. The number of carbonyl (C=O) groups excluding carboxylic acids is 2. The predicted octanol–water partition coefficient (Wildman–Crippen LogP) is 3.28. The van der Waals surface area contributed by atoms with Gasteiger partial charge in [0.05, 0.1) is 10.6 Å². The van der Waals surface area contributed by atoms with Gasteiger partial charge in [0.15, 0.2) is 0 Å². The van der Waals surface area contributed by atoms with Crippen LogP contribution >= 0.6 is 11.6 Å². The van der Waals surface area contributed by atoms with Crippen LogP contribution in [-0.4, -0.2) is 22.8 Å². The minimum absolute atomic E-state index is 0.0753. The van der Waals surface area contributed by atoms with Crippen LogP contribution < -0.4 is 10.6 Å². The maximum atomic E-state index is 13.5. The third-order valence-corrected chi connectivity index (χ3v) is 3.65. The van der Waals surface area contributed by atoms with E-state index in [1.807, 2.05) is 0 Å². The topological polar surface area (TPSA) is 101 Å². The third kappa shape index (κ3) is 4.51. The van der Waals surface area contributed by atoms with E-state index in [0.717, 1.165) is 18.2 Å². The fraction of sp³-hybridized carbons (Fsp3) is 0.125. The van der Waals surface area contributed by atoms with Crippen molar-refractivity contribution in [1.29, 1.82) is 0 Å². The molecule has 0 heterocycles. The standard InChI is InChI=1S/C16H12ClF2N3O4/c1-8(15(23)21-13-5-3-10(18)7-12(13)19)20-16(24)9-2-4-11(17)14(6-9)22(25)26/h2-8H,1H3,(H,20,24)(H,21,23)/t8-/m0/s1. The van der Waals surface area contributed by atoms with Crippen molar-refractivity contribution >= 4 is 34.8 Å². The molecule has 0 spiro atoms. The maximum absolute atomic E-state index is 13.5.